The molecule has 0 unspecified atom stereocenters. The Kier molecular flexibility index (Phi) is 4.37. The number of benzene rings is 2. The average Bonchev–Trinajstić information content (AvgIpc) is 2.52. The van der Waals surface area contributed by atoms with Gasteiger partial charge < -0.3 is 5.73 Å². The van der Waals surface area contributed by atoms with Crippen LogP contribution in [0.4, 0.5) is 0 Å². The molecule has 2 aromatic rings. The molecular formula is C19H24N2. The Hall–Kier alpha value is -1.64. The number of hydrogen-bond acceptors (Lipinski definition) is 2. The van der Waals surface area contributed by atoms with Crippen molar-refractivity contribution in [1.82, 2.24) is 4.90 Å². The summed E-state index contributed by atoms with van der Waals surface area (Å²) >= 11 is 0. The fraction of sp³-hybridized carbons (Fsp3) is 0.368. The summed E-state index contributed by atoms with van der Waals surface area (Å²) in [5, 5.41) is 0. The van der Waals surface area contributed by atoms with Crippen molar-refractivity contribution in [3.63, 3.8) is 0 Å². The highest BCUT2D eigenvalue weighted by Crippen LogP contribution is 2.25. The maximum absolute atomic E-state index is 6.62. The standard InChI is InChI=1S/C19H24N2/c20-19(15-17-7-3-1-4-8-17)11-13-21(14-12-19)16-18-9-5-2-6-10-18/h1-10H,11-16,20H2. The van der Waals surface area contributed by atoms with Crippen LogP contribution in [-0.4, -0.2) is 23.5 Å². The zero-order valence-electron chi connectivity index (χ0n) is 12.5. The molecule has 0 aliphatic carbocycles. The third-order valence-corrected chi connectivity index (χ3v) is 4.50. The van der Waals surface area contributed by atoms with Gasteiger partial charge in [-0.1, -0.05) is 60.7 Å². The van der Waals surface area contributed by atoms with Crippen molar-refractivity contribution in [3.8, 4) is 0 Å². The van der Waals surface area contributed by atoms with E-state index in [0.29, 0.717) is 0 Å². The Morgan fingerprint density at radius 2 is 1.33 bits per heavy atom. The summed E-state index contributed by atoms with van der Waals surface area (Å²) in [6, 6.07) is 21.3. The molecule has 0 amide bonds. The largest absolute Gasteiger partial charge is 0.325 e. The summed E-state index contributed by atoms with van der Waals surface area (Å²) in [4.78, 5) is 2.52. The fourth-order valence-electron chi connectivity index (χ4n) is 3.18. The molecule has 21 heavy (non-hydrogen) atoms. The van der Waals surface area contributed by atoms with Crippen LogP contribution in [-0.2, 0) is 13.0 Å². The van der Waals surface area contributed by atoms with Gasteiger partial charge >= 0.3 is 0 Å². The lowest BCUT2D eigenvalue weighted by molar-refractivity contribution is 0.155. The highest BCUT2D eigenvalue weighted by Gasteiger charge is 2.30. The van der Waals surface area contributed by atoms with Crippen molar-refractivity contribution >= 4 is 0 Å². The molecular weight excluding hydrogens is 256 g/mol. The molecule has 0 aromatic heterocycles. The van der Waals surface area contributed by atoms with Crippen molar-refractivity contribution in [1.29, 1.82) is 0 Å². The first-order valence-electron chi connectivity index (χ1n) is 7.83. The molecule has 1 heterocycles. The molecule has 1 fully saturated rings. The topological polar surface area (TPSA) is 29.3 Å². The van der Waals surface area contributed by atoms with Gasteiger partial charge in [0.15, 0.2) is 0 Å². The first kappa shape index (κ1) is 14.3. The molecule has 3 rings (SSSR count). The Bertz CT molecular complexity index is 542. The molecule has 2 nitrogen and oxygen atoms in total. The van der Waals surface area contributed by atoms with Crippen molar-refractivity contribution in [2.45, 2.75) is 31.3 Å². The van der Waals surface area contributed by atoms with Gasteiger partial charge in [0.25, 0.3) is 0 Å². The van der Waals surface area contributed by atoms with E-state index in [1.54, 1.807) is 0 Å². The SMILES string of the molecule is NC1(Cc2ccccc2)CCN(Cc2ccccc2)CC1. The third-order valence-electron chi connectivity index (χ3n) is 4.50. The van der Waals surface area contributed by atoms with E-state index in [2.05, 4.69) is 65.6 Å². The minimum atomic E-state index is -0.0332. The zero-order chi connectivity index (χ0) is 14.5. The van der Waals surface area contributed by atoms with Gasteiger partial charge in [-0.2, -0.15) is 0 Å². The molecule has 0 radical (unpaired) electrons. The summed E-state index contributed by atoms with van der Waals surface area (Å²) in [5.74, 6) is 0. The van der Waals surface area contributed by atoms with Gasteiger partial charge in [-0.25, -0.2) is 0 Å². The van der Waals surface area contributed by atoms with E-state index in [9.17, 15) is 0 Å². The van der Waals surface area contributed by atoms with Crippen LogP contribution in [0, 0.1) is 0 Å². The highest BCUT2D eigenvalue weighted by atomic mass is 15.1. The quantitative estimate of drug-likeness (QED) is 0.931. The van der Waals surface area contributed by atoms with Crippen LogP contribution in [0.15, 0.2) is 60.7 Å². The van der Waals surface area contributed by atoms with Crippen LogP contribution in [0.3, 0.4) is 0 Å². The number of likely N-dealkylation sites (tertiary alicyclic amines) is 1. The van der Waals surface area contributed by atoms with Crippen LogP contribution in [0.2, 0.25) is 0 Å². The molecule has 0 bridgehead atoms. The van der Waals surface area contributed by atoms with E-state index in [-0.39, 0.29) is 5.54 Å². The molecule has 0 saturated carbocycles. The maximum Gasteiger partial charge on any atom is 0.0233 e. The number of hydrogen-bond donors (Lipinski definition) is 1. The molecule has 0 spiro atoms. The smallest absolute Gasteiger partial charge is 0.0233 e. The maximum atomic E-state index is 6.62. The molecule has 110 valence electrons. The van der Waals surface area contributed by atoms with E-state index in [1.165, 1.54) is 11.1 Å². The predicted molar refractivity (Wildman–Crippen MR) is 88.0 cm³/mol. The van der Waals surface area contributed by atoms with Gasteiger partial charge in [-0.15, -0.1) is 0 Å². The van der Waals surface area contributed by atoms with Crippen LogP contribution in [0.1, 0.15) is 24.0 Å². The number of rotatable bonds is 4. The fourth-order valence-corrected chi connectivity index (χ4v) is 3.18. The number of piperidine rings is 1. The second kappa shape index (κ2) is 6.42. The molecule has 0 atom stereocenters. The molecule has 2 heteroatoms. The Balaban J connectivity index is 1.54. The zero-order valence-corrected chi connectivity index (χ0v) is 12.5. The first-order chi connectivity index (χ1) is 10.2. The molecule has 2 N–H and O–H groups in total. The van der Waals surface area contributed by atoms with Gasteiger partial charge in [-0.05, 0) is 30.4 Å². The molecule has 1 saturated heterocycles. The lowest BCUT2D eigenvalue weighted by Crippen LogP contribution is -2.51. The second-order valence-electron chi connectivity index (χ2n) is 6.29. The molecule has 2 aromatic carbocycles. The third kappa shape index (κ3) is 3.93. The Labute approximate surface area is 127 Å². The van der Waals surface area contributed by atoms with Gasteiger partial charge in [0.2, 0.25) is 0 Å². The lowest BCUT2D eigenvalue weighted by Gasteiger charge is -2.39. The van der Waals surface area contributed by atoms with Crippen LogP contribution < -0.4 is 5.73 Å². The van der Waals surface area contributed by atoms with Crippen LogP contribution in [0.5, 0.6) is 0 Å². The van der Waals surface area contributed by atoms with Crippen molar-refractivity contribution in [2.24, 2.45) is 5.73 Å². The van der Waals surface area contributed by atoms with Gasteiger partial charge in [0.1, 0.15) is 0 Å². The lowest BCUT2D eigenvalue weighted by atomic mass is 9.83. The summed E-state index contributed by atoms with van der Waals surface area (Å²) in [6.07, 6.45) is 3.15. The Morgan fingerprint density at radius 3 is 1.90 bits per heavy atom. The van der Waals surface area contributed by atoms with Crippen LogP contribution in [0.25, 0.3) is 0 Å². The second-order valence-corrected chi connectivity index (χ2v) is 6.29. The van der Waals surface area contributed by atoms with Crippen molar-refractivity contribution in [3.05, 3.63) is 71.8 Å². The monoisotopic (exact) mass is 280 g/mol. The van der Waals surface area contributed by atoms with Crippen LogP contribution >= 0.6 is 0 Å². The van der Waals surface area contributed by atoms with E-state index in [0.717, 1.165) is 38.9 Å². The van der Waals surface area contributed by atoms with E-state index >= 15 is 0 Å². The van der Waals surface area contributed by atoms with E-state index in [4.69, 9.17) is 5.73 Å². The normalized spacial score (nSPS) is 18.5. The Morgan fingerprint density at radius 1 is 0.810 bits per heavy atom. The summed E-state index contributed by atoms with van der Waals surface area (Å²) in [5.41, 5.74) is 9.34. The van der Waals surface area contributed by atoms with E-state index in [1.807, 2.05) is 0 Å². The van der Waals surface area contributed by atoms with Crippen molar-refractivity contribution < 1.29 is 0 Å². The predicted octanol–water partition coefficient (Wildman–Crippen LogP) is 3.22. The highest BCUT2D eigenvalue weighted by molar-refractivity contribution is 5.18. The van der Waals surface area contributed by atoms with Gasteiger partial charge in [-0.3, -0.25) is 4.90 Å². The van der Waals surface area contributed by atoms with Gasteiger partial charge in [0, 0.05) is 25.2 Å². The minimum absolute atomic E-state index is 0.0332. The van der Waals surface area contributed by atoms with Crippen molar-refractivity contribution in [2.75, 3.05) is 13.1 Å². The van der Waals surface area contributed by atoms with E-state index < -0.39 is 0 Å². The molecule has 1 aliphatic heterocycles. The van der Waals surface area contributed by atoms with Gasteiger partial charge in [0.05, 0.1) is 0 Å². The molecule has 1 aliphatic rings. The summed E-state index contributed by atoms with van der Waals surface area (Å²) in [6.45, 7) is 3.23. The minimum Gasteiger partial charge on any atom is -0.325 e. The number of nitrogens with two attached hydrogens (primary N) is 1. The first-order valence-corrected chi connectivity index (χ1v) is 7.83. The summed E-state index contributed by atoms with van der Waals surface area (Å²) < 4.78 is 0. The number of nitrogens with zero attached hydrogens (tertiary/aromatic N) is 1. The summed E-state index contributed by atoms with van der Waals surface area (Å²) in [7, 11) is 0. The average molecular weight is 280 g/mol.